The van der Waals surface area contributed by atoms with Crippen LogP contribution < -0.4 is 0 Å². The summed E-state index contributed by atoms with van der Waals surface area (Å²) < 4.78 is 0. The lowest BCUT2D eigenvalue weighted by Gasteiger charge is -2.49. The van der Waals surface area contributed by atoms with Gasteiger partial charge < -0.3 is 0 Å². The van der Waals surface area contributed by atoms with Gasteiger partial charge in [0.25, 0.3) is 0 Å². The molecule has 0 aliphatic heterocycles. The number of fused-ring (bicyclic) bond motifs is 1. The quantitative estimate of drug-likeness (QED) is 0.391. The van der Waals surface area contributed by atoms with Crippen molar-refractivity contribution in [1.82, 2.24) is 0 Å². The molecule has 0 aromatic rings. The fraction of sp³-hybridized carbons (Fsp3) is 1.00. The van der Waals surface area contributed by atoms with Crippen LogP contribution in [0.5, 0.6) is 0 Å². The first kappa shape index (κ1) is 29.2. The molecule has 0 heteroatoms. The average molecular weight is 383 g/mol. The van der Waals surface area contributed by atoms with Crippen LogP contribution in [0.4, 0.5) is 0 Å². The highest BCUT2D eigenvalue weighted by molar-refractivity contribution is 5.02. The monoisotopic (exact) mass is 382 g/mol. The van der Waals surface area contributed by atoms with Crippen molar-refractivity contribution in [3.05, 3.63) is 0 Å². The molecule has 6 unspecified atom stereocenters. The molecule has 0 amide bonds. The van der Waals surface area contributed by atoms with E-state index in [0.29, 0.717) is 5.41 Å². The molecule has 2 aliphatic carbocycles. The van der Waals surface area contributed by atoms with E-state index in [1.54, 1.807) is 0 Å². The lowest BCUT2D eigenvalue weighted by molar-refractivity contribution is -0.00340. The molecule has 0 nitrogen and oxygen atoms in total. The zero-order chi connectivity index (χ0) is 19.0. The molecule has 0 spiro atoms. The van der Waals surface area contributed by atoms with Crippen LogP contribution in [0.2, 0.25) is 0 Å². The molecule has 166 valence electrons. The Morgan fingerprint density at radius 1 is 0.926 bits per heavy atom. The first-order valence-corrected chi connectivity index (χ1v) is 11.9. The predicted molar refractivity (Wildman–Crippen MR) is 128 cm³/mol. The van der Waals surface area contributed by atoms with Crippen LogP contribution in [0, 0.1) is 40.9 Å². The summed E-state index contributed by atoms with van der Waals surface area (Å²) in [5.74, 6) is 5.88. The third-order valence-corrected chi connectivity index (χ3v) is 7.89. The van der Waals surface area contributed by atoms with Crippen molar-refractivity contribution in [2.75, 3.05) is 0 Å². The lowest BCUT2D eigenvalue weighted by atomic mass is 9.56. The molecular weight excluding hydrogens is 324 g/mol. The molecule has 2 aliphatic rings. The molecule has 0 bridgehead atoms. The lowest BCUT2D eigenvalue weighted by Crippen LogP contribution is -2.42. The van der Waals surface area contributed by atoms with E-state index in [2.05, 4.69) is 41.5 Å². The van der Waals surface area contributed by atoms with Gasteiger partial charge in [-0.05, 0) is 73.0 Å². The molecule has 2 fully saturated rings. The van der Waals surface area contributed by atoms with Gasteiger partial charge in [0.1, 0.15) is 0 Å². The standard InChI is InChI=1S/C23H44.C2H6.2CH4/c1-7-8-12-20-18(4)15-16-23(6)21(13-14-22(20)23)19(5)11-9-10-17(2)3;1-2;;/h17-22H,7-16H2,1-6H3;1-2H3;2*1H4. The number of hydrogen-bond acceptors (Lipinski definition) is 0. The Bertz CT molecular complexity index is 344. The largest absolute Gasteiger partial charge is 0.0776 e. The van der Waals surface area contributed by atoms with Crippen LogP contribution in [0.15, 0.2) is 0 Å². The highest BCUT2D eigenvalue weighted by atomic mass is 14.6. The van der Waals surface area contributed by atoms with Crippen LogP contribution in [-0.4, -0.2) is 0 Å². The number of hydrogen-bond donors (Lipinski definition) is 0. The van der Waals surface area contributed by atoms with Crippen molar-refractivity contribution < 1.29 is 0 Å². The van der Waals surface area contributed by atoms with E-state index >= 15 is 0 Å². The predicted octanol–water partition coefficient (Wildman–Crippen LogP) is 10.0. The Morgan fingerprint density at radius 3 is 2.11 bits per heavy atom. The van der Waals surface area contributed by atoms with Crippen LogP contribution in [0.3, 0.4) is 0 Å². The fourth-order valence-electron chi connectivity index (χ4n) is 6.43. The van der Waals surface area contributed by atoms with E-state index in [1.165, 1.54) is 64.2 Å². The Labute approximate surface area is 175 Å². The SMILES string of the molecule is C.C.CC.CCCCC1C(C)CCC2(C)C(C(C)CCCC(C)C)CCC12. The molecule has 0 N–H and O–H groups in total. The molecular formula is C27H58. The zero-order valence-corrected chi connectivity index (χ0v) is 19.0. The van der Waals surface area contributed by atoms with Gasteiger partial charge in [-0.1, -0.05) is 102 Å². The third-order valence-electron chi connectivity index (χ3n) is 7.89. The first-order chi connectivity index (χ1) is 11.9. The molecule has 0 heterocycles. The van der Waals surface area contributed by atoms with E-state index < -0.39 is 0 Å². The second-order valence-corrected chi connectivity index (χ2v) is 9.92. The fourth-order valence-corrected chi connectivity index (χ4v) is 6.43. The highest BCUT2D eigenvalue weighted by Gasteiger charge is 2.53. The number of unbranched alkanes of at least 4 members (excludes halogenated alkanes) is 1. The van der Waals surface area contributed by atoms with Gasteiger partial charge in [-0.15, -0.1) is 0 Å². The molecule has 0 aromatic heterocycles. The summed E-state index contributed by atoms with van der Waals surface area (Å²) >= 11 is 0. The van der Waals surface area contributed by atoms with Crippen LogP contribution in [0.25, 0.3) is 0 Å². The zero-order valence-electron chi connectivity index (χ0n) is 19.0. The van der Waals surface area contributed by atoms with E-state index in [9.17, 15) is 0 Å². The summed E-state index contributed by atoms with van der Waals surface area (Å²) in [7, 11) is 0. The Morgan fingerprint density at radius 2 is 1.56 bits per heavy atom. The highest BCUT2D eigenvalue weighted by Crippen LogP contribution is 2.61. The van der Waals surface area contributed by atoms with Crippen molar-refractivity contribution >= 4 is 0 Å². The van der Waals surface area contributed by atoms with E-state index in [1.807, 2.05) is 13.8 Å². The molecule has 6 atom stereocenters. The average Bonchev–Trinajstić information content (AvgIpc) is 2.93. The maximum atomic E-state index is 2.69. The minimum absolute atomic E-state index is 0. The van der Waals surface area contributed by atoms with E-state index in [4.69, 9.17) is 0 Å². The first-order valence-electron chi connectivity index (χ1n) is 11.9. The Balaban J connectivity index is 0. The number of rotatable bonds is 8. The Kier molecular flexibility index (Phi) is 15.2. The maximum Gasteiger partial charge on any atom is -0.0264 e. The summed E-state index contributed by atoms with van der Waals surface area (Å²) in [6.07, 6.45) is 14.8. The normalized spacial score (nSPS) is 33.2. The van der Waals surface area contributed by atoms with Crippen molar-refractivity contribution in [2.24, 2.45) is 40.9 Å². The van der Waals surface area contributed by atoms with Crippen LogP contribution in [-0.2, 0) is 0 Å². The van der Waals surface area contributed by atoms with Gasteiger partial charge in [0.2, 0.25) is 0 Å². The molecule has 0 saturated heterocycles. The second kappa shape index (κ2) is 14.1. The minimum atomic E-state index is 0. The third kappa shape index (κ3) is 7.40. The van der Waals surface area contributed by atoms with Gasteiger partial charge in [0, 0.05) is 0 Å². The van der Waals surface area contributed by atoms with Crippen LogP contribution >= 0.6 is 0 Å². The van der Waals surface area contributed by atoms with Gasteiger partial charge >= 0.3 is 0 Å². The summed E-state index contributed by atoms with van der Waals surface area (Å²) in [5, 5.41) is 0. The van der Waals surface area contributed by atoms with E-state index in [-0.39, 0.29) is 14.9 Å². The van der Waals surface area contributed by atoms with Gasteiger partial charge in [0.15, 0.2) is 0 Å². The summed E-state index contributed by atoms with van der Waals surface area (Å²) in [6.45, 7) is 18.9. The van der Waals surface area contributed by atoms with E-state index in [0.717, 1.165) is 35.5 Å². The maximum absolute atomic E-state index is 2.69. The smallest absolute Gasteiger partial charge is 0.0264 e. The molecule has 0 radical (unpaired) electrons. The van der Waals surface area contributed by atoms with Gasteiger partial charge in [-0.3, -0.25) is 0 Å². The van der Waals surface area contributed by atoms with Crippen LogP contribution in [0.1, 0.15) is 134 Å². The summed E-state index contributed by atoms with van der Waals surface area (Å²) in [6, 6.07) is 0. The summed E-state index contributed by atoms with van der Waals surface area (Å²) in [5.41, 5.74) is 0.669. The molecule has 27 heavy (non-hydrogen) atoms. The topological polar surface area (TPSA) is 0 Å². The van der Waals surface area contributed by atoms with Crippen molar-refractivity contribution in [3.8, 4) is 0 Å². The van der Waals surface area contributed by atoms with Crippen molar-refractivity contribution in [2.45, 2.75) is 134 Å². The van der Waals surface area contributed by atoms with Gasteiger partial charge in [0.05, 0.1) is 0 Å². The van der Waals surface area contributed by atoms with Gasteiger partial charge in [-0.2, -0.15) is 0 Å². The summed E-state index contributed by atoms with van der Waals surface area (Å²) in [4.78, 5) is 0. The Hall–Kier alpha value is 0. The van der Waals surface area contributed by atoms with Crippen molar-refractivity contribution in [3.63, 3.8) is 0 Å². The molecule has 0 aromatic carbocycles. The molecule has 2 rings (SSSR count). The second-order valence-electron chi connectivity index (χ2n) is 9.92. The van der Waals surface area contributed by atoms with Gasteiger partial charge in [-0.25, -0.2) is 0 Å². The minimum Gasteiger partial charge on any atom is -0.0776 e. The van der Waals surface area contributed by atoms with Crippen molar-refractivity contribution in [1.29, 1.82) is 0 Å². The molecule has 2 saturated carbocycles.